The Morgan fingerprint density at radius 2 is 2.31 bits per heavy atom. The van der Waals surface area contributed by atoms with Crippen molar-refractivity contribution in [3.8, 4) is 0 Å². The van der Waals surface area contributed by atoms with Gasteiger partial charge in [0.25, 0.3) is 0 Å². The molecule has 0 aliphatic carbocycles. The molecule has 1 fully saturated rings. The molecule has 86 valence electrons. The lowest BCUT2D eigenvalue weighted by molar-refractivity contribution is -0.117. The van der Waals surface area contributed by atoms with E-state index in [1.54, 1.807) is 4.90 Å². The summed E-state index contributed by atoms with van der Waals surface area (Å²) in [7, 11) is 0. The number of carbonyl (C=O) groups excluding carboxylic acids is 1. The van der Waals surface area contributed by atoms with Crippen molar-refractivity contribution in [2.75, 3.05) is 18.0 Å². The Balaban J connectivity index is 2.31. The third-order valence-corrected chi connectivity index (χ3v) is 3.48. The van der Waals surface area contributed by atoms with Crippen LogP contribution in [0.2, 0.25) is 5.02 Å². The molecular weight excluding hydrogens is 224 g/mol. The Labute approximate surface area is 100 Å². The Hall–Kier alpha value is -1.06. The van der Waals surface area contributed by atoms with E-state index >= 15 is 0 Å². The molecule has 2 rings (SSSR count). The zero-order chi connectivity index (χ0) is 11.7. The number of carbonyl (C=O) groups is 1. The predicted molar refractivity (Wildman–Crippen MR) is 65.7 cm³/mol. The van der Waals surface area contributed by atoms with Crippen LogP contribution in [-0.4, -0.2) is 19.0 Å². The molecule has 1 unspecified atom stereocenters. The number of benzene rings is 1. The monoisotopic (exact) mass is 238 g/mol. The SMILES string of the molecule is Cc1c(Cl)cccc1N1CC(CN)CC1=O. The molecule has 0 aromatic heterocycles. The highest BCUT2D eigenvalue weighted by Gasteiger charge is 2.30. The number of rotatable bonds is 2. The van der Waals surface area contributed by atoms with Crippen molar-refractivity contribution in [2.45, 2.75) is 13.3 Å². The molecule has 1 aromatic carbocycles. The van der Waals surface area contributed by atoms with Gasteiger partial charge in [0, 0.05) is 23.7 Å². The van der Waals surface area contributed by atoms with Gasteiger partial charge >= 0.3 is 0 Å². The minimum Gasteiger partial charge on any atom is -0.330 e. The summed E-state index contributed by atoms with van der Waals surface area (Å²) in [5.74, 6) is 0.409. The van der Waals surface area contributed by atoms with E-state index in [-0.39, 0.29) is 11.8 Å². The van der Waals surface area contributed by atoms with Gasteiger partial charge in [-0.1, -0.05) is 17.7 Å². The van der Waals surface area contributed by atoms with Gasteiger partial charge in [0.15, 0.2) is 0 Å². The van der Waals surface area contributed by atoms with Crippen LogP contribution in [0, 0.1) is 12.8 Å². The highest BCUT2D eigenvalue weighted by Crippen LogP contribution is 2.30. The molecule has 0 saturated carbocycles. The van der Waals surface area contributed by atoms with Crippen LogP contribution in [0.15, 0.2) is 18.2 Å². The fraction of sp³-hybridized carbons (Fsp3) is 0.417. The van der Waals surface area contributed by atoms with Crippen LogP contribution < -0.4 is 10.6 Å². The molecule has 2 N–H and O–H groups in total. The second-order valence-electron chi connectivity index (χ2n) is 4.19. The van der Waals surface area contributed by atoms with E-state index in [4.69, 9.17) is 17.3 Å². The second kappa shape index (κ2) is 4.44. The van der Waals surface area contributed by atoms with Crippen LogP contribution in [0.5, 0.6) is 0 Å². The summed E-state index contributed by atoms with van der Waals surface area (Å²) in [5.41, 5.74) is 7.46. The fourth-order valence-electron chi connectivity index (χ4n) is 2.06. The highest BCUT2D eigenvalue weighted by molar-refractivity contribution is 6.31. The van der Waals surface area contributed by atoms with Crippen molar-refractivity contribution in [3.05, 3.63) is 28.8 Å². The normalized spacial score (nSPS) is 20.6. The van der Waals surface area contributed by atoms with Gasteiger partial charge in [0.2, 0.25) is 5.91 Å². The van der Waals surface area contributed by atoms with Crippen molar-refractivity contribution >= 4 is 23.2 Å². The molecule has 1 aromatic rings. The van der Waals surface area contributed by atoms with Crippen LogP contribution in [0.4, 0.5) is 5.69 Å². The molecular formula is C12H15ClN2O. The average molecular weight is 239 g/mol. The topological polar surface area (TPSA) is 46.3 Å². The van der Waals surface area contributed by atoms with E-state index in [0.717, 1.165) is 11.3 Å². The number of hydrogen-bond donors (Lipinski definition) is 1. The third-order valence-electron chi connectivity index (χ3n) is 3.07. The Morgan fingerprint density at radius 1 is 1.56 bits per heavy atom. The summed E-state index contributed by atoms with van der Waals surface area (Å²) >= 11 is 6.05. The molecule has 3 nitrogen and oxygen atoms in total. The van der Waals surface area contributed by atoms with Gasteiger partial charge in [-0.3, -0.25) is 4.79 Å². The van der Waals surface area contributed by atoms with Gasteiger partial charge in [-0.05, 0) is 37.1 Å². The predicted octanol–water partition coefficient (Wildman–Crippen LogP) is 1.96. The van der Waals surface area contributed by atoms with Crippen molar-refractivity contribution in [1.82, 2.24) is 0 Å². The molecule has 1 heterocycles. The Kier molecular flexibility index (Phi) is 3.17. The van der Waals surface area contributed by atoms with Crippen molar-refractivity contribution in [3.63, 3.8) is 0 Å². The summed E-state index contributed by atoms with van der Waals surface area (Å²) in [5, 5.41) is 0.696. The number of nitrogens with zero attached hydrogens (tertiary/aromatic N) is 1. The molecule has 0 radical (unpaired) electrons. The molecule has 1 aliphatic rings. The van der Waals surface area contributed by atoms with Gasteiger partial charge in [-0.25, -0.2) is 0 Å². The number of nitrogens with two attached hydrogens (primary N) is 1. The minimum atomic E-state index is 0.140. The summed E-state index contributed by atoms with van der Waals surface area (Å²) in [6, 6.07) is 5.63. The number of amides is 1. The first-order chi connectivity index (χ1) is 7.63. The maximum Gasteiger partial charge on any atom is 0.227 e. The molecule has 1 atom stereocenters. The lowest BCUT2D eigenvalue weighted by Gasteiger charge is -2.19. The standard InChI is InChI=1S/C12H15ClN2O/c1-8-10(13)3-2-4-11(8)15-7-9(6-14)5-12(15)16/h2-4,9H,5-7,14H2,1H3. The first-order valence-corrected chi connectivity index (χ1v) is 5.77. The smallest absolute Gasteiger partial charge is 0.227 e. The zero-order valence-corrected chi connectivity index (χ0v) is 10.00. The first-order valence-electron chi connectivity index (χ1n) is 5.39. The number of anilines is 1. The molecule has 16 heavy (non-hydrogen) atoms. The quantitative estimate of drug-likeness (QED) is 0.856. The third kappa shape index (κ3) is 1.93. The van der Waals surface area contributed by atoms with Gasteiger partial charge in [-0.15, -0.1) is 0 Å². The highest BCUT2D eigenvalue weighted by atomic mass is 35.5. The number of hydrogen-bond acceptors (Lipinski definition) is 2. The maximum atomic E-state index is 11.8. The molecule has 0 spiro atoms. The summed E-state index contributed by atoms with van der Waals surface area (Å²) < 4.78 is 0. The van der Waals surface area contributed by atoms with Gasteiger partial charge in [0.05, 0.1) is 0 Å². The average Bonchev–Trinajstić information content (AvgIpc) is 2.64. The molecule has 1 amide bonds. The van der Waals surface area contributed by atoms with Gasteiger partial charge < -0.3 is 10.6 Å². The number of halogens is 1. The van der Waals surface area contributed by atoms with Gasteiger partial charge in [-0.2, -0.15) is 0 Å². The summed E-state index contributed by atoms with van der Waals surface area (Å²) in [6.45, 7) is 3.19. The fourth-order valence-corrected chi connectivity index (χ4v) is 2.23. The largest absolute Gasteiger partial charge is 0.330 e. The second-order valence-corrected chi connectivity index (χ2v) is 4.60. The summed E-state index contributed by atoms with van der Waals surface area (Å²) in [6.07, 6.45) is 0.544. The van der Waals surface area contributed by atoms with E-state index in [1.165, 1.54) is 0 Å². The van der Waals surface area contributed by atoms with Crippen molar-refractivity contribution in [1.29, 1.82) is 0 Å². The van der Waals surface area contributed by atoms with E-state index in [1.807, 2.05) is 25.1 Å². The van der Waals surface area contributed by atoms with Gasteiger partial charge in [0.1, 0.15) is 0 Å². The molecule has 4 heteroatoms. The Morgan fingerprint density at radius 3 is 2.94 bits per heavy atom. The van der Waals surface area contributed by atoms with Crippen LogP contribution in [-0.2, 0) is 4.79 Å². The van der Waals surface area contributed by atoms with Crippen LogP contribution >= 0.6 is 11.6 Å². The molecule has 0 bridgehead atoms. The maximum absolute atomic E-state index is 11.8. The van der Waals surface area contributed by atoms with Crippen molar-refractivity contribution < 1.29 is 4.79 Å². The van der Waals surface area contributed by atoms with E-state index < -0.39 is 0 Å². The van der Waals surface area contributed by atoms with E-state index in [9.17, 15) is 4.79 Å². The Bertz CT molecular complexity index is 419. The van der Waals surface area contributed by atoms with E-state index in [0.29, 0.717) is 24.5 Å². The summed E-state index contributed by atoms with van der Waals surface area (Å²) in [4.78, 5) is 13.6. The lowest BCUT2D eigenvalue weighted by atomic mass is 10.1. The zero-order valence-electron chi connectivity index (χ0n) is 9.24. The minimum absolute atomic E-state index is 0.140. The van der Waals surface area contributed by atoms with E-state index in [2.05, 4.69) is 0 Å². The molecule has 1 saturated heterocycles. The molecule has 1 aliphatic heterocycles. The van der Waals surface area contributed by atoms with Crippen molar-refractivity contribution in [2.24, 2.45) is 11.7 Å². The lowest BCUT2D eigenvalue weighted by Crippen LogP contribution is -2.26. The first kappa shape index (κ1) is 11.4. The van der Waals surface area contributed by atoms with Crippen LogP contribution in [0.1, 0.15) is 12.0 Å². The van der Waals surface area contributed by atoms with Crippen LogP contribution in [0.3, 0.4) is 0 Å². The van der Waals surface area contributed by atoms with Crippen LogP contribution in [0.25, 0.3) is 0 Å².